The smallest absolute Gasteiger partial charge is 0.272 e. The molecule has 0 bridgehead atoms. The van der Waals surface area contributed by atoms with E-state index in [0.29, 0.717) is 18.8 Å². The molecule has 132 valence electrons. The van der Waals surface area contributed by atoms with E-state index in [4.69, 9.17) is 0 Å². The van der Waals surface area contributed by atoms with Crippen LogP contribution in [0.5, 0.6) is 0 Å². The fraction of sp³-hybridized carbons (Fsp3) is 0.182. The van der Waals surface area contributed by atoms with E-state index < -0.39 is 0 Å². The van der Waals surface area contributed by atoms with Crippen LogP contribution >= 0.6 is 0 Å². The largest absolute Gasteiger partial charge is 0.381 e. The number of aryl methyl sites for hydroxylation is 1. The second-order valence-corrected chi connectivity index (χ2v) is 6.42. The standard InChI is InChI=1S/C22H23N3O/c1-17-7-6-10-19(13-17)15-24-20-11-12-23-21(14-20)22(26)25(2)16-18-8-4-3-5-9-18/h3-14H,15-16H2,1-2H3,(H,23,24). The SMILES string of the molecule is Cc1cccc(CNc2ccnc(C(=O)N(C)Cc3ccccc3)c2)c1. The molecule has 0 aliphatic rings. The summed E-state index contributed by atoms with van der Waals surface area (Å²) >= 11 is 0. The van der Waals surface area contributed by atoms with E-state index in [1.54, 1.807) is 24.2 Å². The van der Waals surface area contributed by atoms with E-state index in [1.165, 1.54) is 11.1 Å². The Balaban J connectivity index is 1.65. The van der Waals surface area contributed by atoms with Gasteiger partial charge >= 0.3 is 0 Å². The molecule has 0 atom stereocenters. The number of rotatable bonds is 6. The number of nitrogens with zero attached hydrogens (tertiary/aromatic N) is 2. The quantitative estimate of drug-likeness (QED) is 0.725. The second-order valence-electron chi connectivity index (χ2n) is 6.42. The molecule has 0 aliphatic carbocycles. The Morgan fingerprint density at radius 2 is 1.77 bits per heavy atom. The van der Waals surface area contributed by atoms with Gasteiger partial charge in [0.05, 0.1) is 0 Å². The maximum absolute atomic E-state index is 12.7. The van der Waals surface area contributed by atoms with Crippen molar-refractivity contribution in [2.45, 2.75) is 20.0 Å². The molecule has 1 N–H and O–H groups in total. The number of anilines is 1. The van der Waals surface area contributed by atoms with Crippen LogP contribution < -0.4 is 5.32 Å². The first-order chi connectivity index (χ1) is 12.6. The van der Waals surface area contributed by atoms with Gasteiger partial charge in [-0.05, 0) is 30.2 Å². The molecule has 0 aliphatic heterocycles. The first-order valence-electron chi connectivity index (χ1n) is 8.67. The van der Waals surface area contributed by atoms with Gasteiger partial charge in [-0.15, -0.1) is 0 Å². The van der Waals surface area contributed by atoms with E-state index in [-0.39, 0.29) is 5.91 Å². The Labute approximate surface area is 154 Å². The van der Waals surface area contributed by atoms with Gasteiger partial charge in [-0.25, -0.2) is 0 Å². The summed E-state index contributed by atoms with van der Waals surface area (Å²) in [5, 5.41) is 3.36. The molecular formula is C22H23N3O. The molecule has 0 saturated heterocycles. The van der Waals surface area contributed by atoms with Gasteiger partial charge in [-0.2, -0.15) is 0 Å². The molecule has 4 heteroatoms. The van der Waals surface area contributed by atoms with Gasteiger partial charge in [0.15, 0.2) is 0 Å². The van der Waals surface area contributed by atoms with Gasteiger partial charge in [-0.1, -0.05) is 60.2 Å². The predicted octanol–water partition coefficient (Wildman–Crippen LogP) is 4.27. The monoisotopic (exact) mass is 345 g/mol. The van der Waals surface area contributed by atoms with Crippen LogP contribution in [0.25, 0.3) is 0 Å². The van der Waals surface area contributed by atoms with Crippen LogP contribution in [0.15, 0.2) is 72.9 Å². The molecule has 0 radical (unpaired) electrons. The highest BCUT2D eigenvalue weighted by Gasteiger charge is 2.14. The average molecular weight is 345 g/mol. The van der Waals surface area contributed by atoms with Crippen molar-refractivity contribution in [3.63, 3.8) is 0 Å². The lowest BCUT2D eigenvalue weighted by atomic mass is 10.1. The van der Waals surface area contributed by atoms with E-state index >= 15 is 0 Å². The topological polar surface area (TPSA) is 45.2 Å². The van der Waals surface area contributed by atoms with Crippen molar-refractivity contribution in [1.29, 1.82) is 0 Å². The molecule has 26 heavy (non-hydrogen) atoms. The zero-order valence-electron chi connectivity index (χ0n) is 15.1. The van der Waals surface area contributed by atoms with Crippen LogP contribution in [0.2, 0.25) is 0 Å². The molecule has 1 aromatic heterocycles. The Morgan fingerprint density at radius 1 is 1.00 bits per heavy atom. The molecule has 0 spiro atoms. The molecule has 2 aromatic carbocycles. The molecule has 0 fully saturated rings. The number of carbonyl (C=O) groups excluding carboxylic acids is 1. The lowest BCUT2D eigenvalue weighted by Gasteiger charge is -2.17. The second kappa shape index (κ2) is 8.30. The fourth-order valence-corrected chi connectivity index (χ4v) is 2.81. The third kappa shape index (κ3) is 4.70. The van der Waals surface area contributed by atoms with Crippen molar-refractivity contribution in [2.75, 3.05) is 12.4 Å². The average Bonchev–Trinajstić information content (AvgIpc) is 2.67. The highest BCUT2D eigenvalue weighted by atomic mass is 16.2. The summed E-state index contributed by atoms with van der Waals surface area (Å²) in [5.74, 6) is -0.0898. The van der Waals surface area contributed by atoms with Crippen molar-refractivity contribution >= 4 is 11.6 Å². The number of nitrogens with one attached hydrogen (secondary N) is 1. The maximum atomic E-state index is 12.7. The van der Waals surface area contributed by atoms with Crippen LogP contribution in [-0.4, -0.2) is 22.8 Å². The fourth-order valence-electron chi connectivity index (χ4n) is 2.81. The third-order valence-electron chi connectivity index (χ3n) is 4.17. The minimum absolute atomic E-state index is 0.0898. The molecule has 4 nitrogen and oxygen atoms in total. The molecule has 0 unspecified atom stereocenters. The highest BCUT2D eigenvalue weighted by molar-refractivity contribution is 5.92. The lowest BCUT2D eigenvalue weighted by molar-refractivity contribution is 0.0779. The van der Waals surface area contributed by atoms with E-state index in [9.17, 15) is 4.79 Å². The van der Waals surface area contributed by atoms with E-state index in [2.05, 4.69) is 35.4 Å². The number of benzene rings is 2. The van der Waals surface area contributed by atoms with Gasteiger partial charge in [0.2, 0.25) is 0 Å². The van der Waals surface area contributed by atoms with Crippen molar-refractivity contribution in [3.05, 3.63) is 95.3 Å². The maximum Gasteiger partial charge on any atom is 0.272 e. The number of carbonyl (C=O) groups is 1. The van der Waals surface area contributed by atoms with Gasteiger partial charge in [0.1, 0.15) is 5.69 Å². The summed E-state index contributed by atoms with van der Waals surface area (Å²) in [6.07, 6.45) is 1.67. The first kappa shape index (κ1) is 17.7. The lowest BCUT2D eigenvalue weighted by Crippen LogP contribution is -2.27. The summed E-state index contributed by atoms with van der Waals surface area (Å²) in [4.78, 5) is 18.6. The van der Waals surface area contributed by atoms with E-state index in [0.717, 1.165) is 11.3 Å². The van der Waals surface area contributed by atoms with Crippen LogP contribution in [0.4, 0.5) is 5.69 Å². The minimum atomic E-state index is -0.0898. The van der Waals surface area contributed by atoms with Crippen LogP contribution in [0.1, 0.15) is 27.2 Å². The zero-order chi connectivity index (χ0) is 18.4. The molecule has 0 saturated carbocycles. The Kier molecular flexibility index (Phi) is 5.64. The summed E-state index contributed by atoms with van der Waals surface area (Å²) in [6.45, 7) is 3.34. The summed E-state index contributed by atoms with van der Waals surface area (Å²) < 4.78 is 0. The van der Waals surface area contributed by atoms with Crippen molar-refractivity contribution in [2.24, 2.45) is 0 Å². The van der Waals surface area contributed by atoms with Gasteiger partial charge in [-0.3, -0.25) is 9.78 Å². The minimum Gasteiger partial charge on any atom is -0.381 e. The summed E-state index contributed by atoms with van der Waals surface area (Å²) in [6, 6.07) is 22.0. The molecule has 3 rings (SSSR count). The zero-order valence-corrected chi connectivity index (χ0v) is 15.1. The molecule has 1 amide bonds. The number of hydrogen-bond donors (Lipinski definition) is 1. The van der Waals surface area contributed by atoms with E-state index in [1.807, 2.05) is 42.5 Å². The Hall–Kier alpha value is -3.14. The number of amides is 1. The number of pyridine rings is 1. The number of hydrogen-bond acceptors (Lipinski definition) is 3. The van der Waals surface area contributed by atoms with Crippen LogP contribution in [0, 0.1) is 6.92 Å². The third-order valence-corrected chi connectivity index (χ3v) is 4.17. The Bertz CT molecular complexity index is 877. The number of aromatic nitrogens is 1. The van der Waals surface area contributed by atoms with Crippen LogP contribution in [0.3, 0.4) is 0 Å². The van der Waals surface area contributed by atoms with Crippen molar-refractivity contribution in [1.82, 2.24) is 9.88 Å². The highest BCUT2D eigenvalue weighted by Crippen LogP contribution is 2.13. The normalized spacial score (nSPS) is 10.4. The first-order valence-corrected chi connectivity index (χ1v) is 8.67. The summed E-state index contributed by atoms with van der Waals surface area (Å²) in [5.41, 5.74) is 4.86. The Morgan fingerprint density at radius 3 is 2.54 bits per heavy atom. The molecular weight excluding hydrogens is 322 g/mol. The van der Waals surface area contributed by atoms with Crippen LogP contribution in [-0.2, 0) is 13.1 Å². The van der Waals surface area contributed by atoms with Crippen molar-refractivity contribution in [3.8, 4) is 0 Å². The van der Waals surface area contributed by atoms with Gasteiger partial charge in [0, 0.05) is 32.0 Å². The summed E-state index contributed by atoms with van der Waals surface area (Å²) in [7, 11) is 1.80. The molecule has 3 aromatic rings. The van der Waals surface area contributed by atoms with Gasteiger partial charge in [0.25, 0.3) is 5.91 Å². The van der Waals surface area contributed by atoms with Crippen molar-refractivity contribution < 1.29 is 4.79 Å². The molecule has 1 heterocycles. The predicted molar refractivity (Wildman–Crippen MR) is 105 cm³/mol. The van der Waals surface area contributed by atoms with Gasteiger partial charge < -0.3 is 10.2 Å².